The summed E-state index contributed by atoms with van der Waals surface area (Å²) in [7, 11) is 0. The van der Waals surface area contributed by atoms with Gasteiger partial charge >= 0.3 is 5.97 Å². The number of hydrogen-bond donors (Lipinski definition) is 1. The lowest BCUT2D eigenvalue weighted by atomic mass is 9.88. The van der Waals surface area contributed by atoms with Crippen LogP contribution in [0.1, 0.15) is 35.7 Å². The molecule has 0 atom stereocenters. The fraction of sp³-hybridized carbons (Fsp3) is 0.188. The lowest BCUT2D eigenvalue weighted by molar-refractivity contribution is 0.0695. The van der Waals surface area contributed by atoms with Crippen LogP contribution in [0.5, 0.6) is 0 Å². The van der Waals surface area contributed by atoms with E-state index in [4.69, 9.17) is 0 Å². The Hall–Kier alpha value is -2.09. The molecule has 0 saturated carbocycles. The third-order valence-electron chi connectivity index (χ3n) is 3.00. The van der Waals surface area contributed by atoms with Crippen molar-refractivity contribution in [1.29, 1.82) is 0 Å². The van der Waals surface area contributed by atoms with Crippen LogP contribution in [-0.2, 0) is 0 Å². The highest BCUT2D eigenvalue weighted by Crippen LogP contribution is 2.31. The van der Waals surface area contributed by atoms with Crippen LogP contribution in [0.2, 0.25) is 0 Å². The van der Waals surface area contributed by atoms with Gasteiger partial charge in [0.2, 0.25) is 0 Å². The smallest absolute Gasteiger partial charge is 0.335 e. The van der Waals surface area contributed by atoms with Gasteiger partial charge in [0.15, 0.2) is 0 Å². The summed E-state index contributed by atoms with van der Waals surface area (Å²) in [5, 5.41) is 9.29. The average Bonchev–Trinajstić information content (AvgIpc) is 2.38. The molecule has 0 aliphatic rings. The zero-order chi connectivity index (χ0) is 13.1. The van der Waals surface area contributed by atoms with E-state index in [0.717, 1.165) is 16.7 Å². The quantitative estimate of drug-likeness (QED) is 0.874. The second-order valence-electron chi connectivity index (χ2n) is 4.59. The third kappa shape index (κ3) is 2.28. The maximum absolute atomic E-state index is 11.3. The van der Waals surface area contributed by atoms with Crippen LogP contribution in [0.15, 0.2) is 48.5 Å². The second-order valence-corrected chi connectivity index (χ2v) is 4.59. The van der Waals surface area contributed by atoms with Crippen molar-refractivity contribution in [2.24, 2.45) is 0 Å². The molecule has 0 saturated heterocycles. The van der Waals surface area contributed by atoms with E-state index >= 15 is 0 Å². The van der Waals surface area contributed by atoms with Gasteiger partial charge < -0.3 is 5.11 Å². The van der Waals surface area contributed by atoms with Crippen LogP contribution in [0, 0.1) is 0 Å². The maximum atomic E-state index is 11.3. The normalized spacial score (nSPS) is 10.6. The minimum atomic E-state index is -0.864. The molecule has 0 amide bonds. The Labute approximate surface area is 107 Å². The molecule has 92 valence electrons. The first-order valence-electron chi connectivity index (χ1n) is 6.03. The van der Waals surface area contributed by atoms with Crippen LogP contribution in [0.3, 0.4) is 0 Å². The van der Waals surface area contributed by atoms with E-state index in [9.17, 15) is 9.90 Å². The zero-order valence-electron chi connectivity index (χ0n) is 10.6. The fourth-order valence-electron chi connectivity index (χ4n) is 2.24. The molecule has 0 radical (unpaired) electrons. The molecule has 0 aliphatic carbocycles. The topological polar surface area (TPSA) is 37.3 Å². The third-order valence-corrected chi connectivity index (χ3v) is 3.00. The van der Waals surface area contributed by atoms with Gasteiger partial charge in [0.25, 0.3) is 0 Å². The Kier molecular flexibility index (Phi) is 3.47. The van der Waals surface area contributed by atoms with E-state index in [1.54, 1.807) is 12.1 Å². The molecule has 1 N–H and O–H groups in total. The van der Waals surface area contributed by atoms with Gasteiger partial charge in [-0.15, -0.1) is 0 Å². The van der Waals surface area contributed by atoms with Crippen LogP contribution in [0.4, 0.5) is 0 Å². The Morgan fingerprint density at radius 2 is 1.67 bits per heavy atom. The molecular formula is C16H16O2. The van der Waals surface area contributed by atoms with Crippen molar-refractivity contribution >= 4 is 5.97 Å². The van der Waals surface area contributed by atoms with Crippen molar-refractivity contribution < 1.29 is 9.90 Å². The lowest BCUT2D eigenvalue weighted by Gasteiger charge is -2.16. The molecule has 0 aromatic heterocycles. The molecule has 2 heteroatoms. The first-order valence-corrected chi connectivity index (χ1v) is 6.03. The predicted molar refractivity (Wildman–Crippen MR) is 72.9 cm³/mol. The Balaban J connectivity index is 2.68. The molecule has 2 rings (SSSR count). The Morgan fingerprint density at radius 3 is 2.22 bits per heavy atom. The number of aromatic carboxylic acids is 1. The predicted octanol–water partition coefficient (Wildman–Crippen LogP) is 4.18. The van der Waals surface area contributed by atoms with Crippen molar-refractivity contribution in [3.05, 3.63) is 59.7 Å². The molecule has 0 aliphatic heterocycles. The molecule has 0 heterocycles. The maximum Gasteiger partial charge on any atom is 0.335 e. The molecule has 2 nitrogen and oxygen atoms in total. The summed E-state index contributed by atoms with van der Waals surface area (Å²) in [6.45, 7) is 4.04. The summed E-state index contributed by atoms with van der Waals surface area (Å²) in [5.74, 6) is -0.691. The second kappa shape index (κ2) is 5.05. The minimum absolute atomic E-state index is 0.174. The summed E-state index contributed by atoms with van der Waals surface area (Å²) in [6, 6.07) is 15.4. The minimum Gasteiger partial charge on any atom is -0.478 e. The van der Waals surface area contributed by atoms with Crippen LogP contribution in [-0.4, -0.2) is 11.1 Å². The molecule has 18 heavy (non-hydrogen) atoms. The number of carboxylic acid groups (broad SMARTS) is 1. The van der Waals surface area contributed by atoms with Crippen molar-refractivity contribution in [3.8, 4) is 11.1 Å². The fourth-order valence-corrected chi connectivity index (χ4v) is 2.24. The molecule has 0 bridgehead atoms. The van der Waals surface area contributed by atoms with E-state index in [-0.39, 0.29) is 5.92 Å². The molecular weight excluding hydrogens is 224 g/mol. The summed E-state index contributed by atoms with van der Waals surface area (Å²) < 4.78 is 0. The van der Waals surface area contributed by atoms with Crippen LogP contribution in [0.25, 0.3) is 11.1 Å². The first kappa shape index (κ1) is 12.4. The van der Waals surface area contributed by atoms with E-state index in [0.29, 0.717) is 5.56 Å². The lowest BCUT2D eigenvalue weighted by Crippen LogP contribution is -2.05. The molecule has 2 aromatic carbocycles. The van der Waals surface area contributed by atoms with E-state index in [1.807, 2.05) is 50.2 Å². The van der Waals surface area contributed by atoms with E-state index in [2.05, 4.69) is 0 Å². The summed E-state index contributed by atoms with van der Waals surface area (Å²) >= 11 is 0. The highest BCUT2D eigenvalue weighted by molar-refractivity contribution is 5.92. The highest BCUT2D eigenvalue weighted by Gasteiger charge is 2.17. The van der Waals surface area contributed by atoms with Crippen molar-refractivity contribution in [3.63, 3.8) is 0 Å². The van der Waals surface area contributed by atoms with E-state index in [1.165, 1.54) is 0 Å². The van der Waals surface area contributed by atoms with Gasteiger partial charge in [-0.25, -0.2) is 4.79 Å². The van der Waals surface area contributed by atoms with Gasteiger partial charge in [0.05, 0.1) is 5.56 Å². The van der Waals surface area contributed by atoms with Crippen molar-refractivity contribution in [1.82, 2.24) is 0 Å². The monoisotopic (exact) mass is 240 g/mol. The van der Waals surface area contributed by atoms with Gasteiger partial charge in [-0.3, -0.25) is 0 Å². The first-order chi connectivity index (χ1) is 8.61. The van der Waals surface area contributed by atoms with Crippen molar-refractivity contribution in [2.75, 3.05) is 0 Å². The summed E-state index contributed by atoms with van der Waals surface area (Å²) in [5.41, 5.74) is 3.36. The Morgan fingerprint density at radius 1 is 1.00 bits per heavy atom. The van der Waals surface area contributed by atoms with Crippen LogP contribution < -0.4 is 0 Å². The Bertz CT molecular complexity index is 557. The largest absolute Gasteiger partial charge is 0.478 e. The molecule has 0 spiro atoms. The number of carboxylic acids is 1. The van der Waals surface area contributed by atoms with Gasteiger partial charge in [-0.2, -0.15) is 0 Å². The molecule has 2 aromatic rings. The van der Waals surface area contributed by atoms with E-state index < -0.39 is 5.97 Å². The van der Waals surface area contributed by atoms with Crippen molar-refractivity contribution in [2.45, 2.75) is 19.8 Å². The highest BCUT2D eigenvalue weighted by atomic mass is 16.4. The van der Waals surface area contributed by atoms with Gasteiger partial charge in [-0.05, 0) is 28.7 Å². The standard InChI is InChI=1S/C16H16O2/c1-11(2)15-13(12-7-4-3-5-8-12)9-6-10-14(15)16(17)18/h3-11H,1-2H3,(H,17,18). The summed E-state index contributed by atoms with van der Waals surface area (Å²) in [4.78, 5) is 11.3. The zero-order valence-corrected chi connectivity index (χ0v) is 10.6. The number of hydrogen-bond acceptors (Lipinski definition) is 1. The number of benzene rings is 2. The molecule has 0 fully saturated rings. The van der Waals surface area contributed by atoms with Gasteiger partial charge in [-0.1, -0.05) is 56.3 Å². The SMILES string of the molecule is CC(C)c1c(C(=O)O)cccc1-c1ccccc1. The number of carbonyl (C=O) groups is 1. The summed E-state index contributed by atoms with van der Waals surface area (Å²) in [6.07, 6.45) is 0. The average molecular weight is 240 g/mol. The van der Waals surface area contributed by atoms with Crippen LogP contribution >= 0.6 is 0 Å². The van der Waals surface area contributed by atoms with Gasteiger partial charge in [0, 0.05) is 0 Å². The van der Waals surface area contributed by atoms with Gasteiger partial charge in [0.1, 0.15) is 0 Å². The molecule has 0 unspecified atom stereocenters. The number of rotatable bonds is 3.